The van der Waals surface area contributed by atoms with Crippen LogP contribution in [0.5, 0.6) is 0 Å². The molecule has 1 atom stereocenters. The van der Waals surface area contributed by atoms with Gasteiger partial charge in [-0.1, -0.05) is 59.8 Å². The molecule has 6 nitrogen and oxygen atoms in total. The number of amides is 1. The fourth-order valence-electron chi connectivity index (χ4n) is 2.90. The largest absolute Gasteiger partial charge is 0.340 e. The zero-order valence-electron chi connectivity index (χ0n) is 16.0. The predicted molar refractivity (Wildman–Crippen MR) is 107 cm³/mol. The van der Waals surface area contributed by atoms with E-state index in [0.29, 0.717) is 11.7 Å². The van der Waals surface area contributed by atoms with Crippen LogP contribution in [0.2, 0.25) is 0 Å². The number of carbonyl (C=O) groups is 1. The summed E-state index contributed by atoms with van der Waals surface area (Å²) < 4.78 is 1.69. The van der Waals surface area contributed by atoms with Gasteiger partial charge in [-0.15, -0.1) is 5.10 Å². The number of thioether (sulfide) groups is 1. The molecule has 0 aliphatic carbocycles. The molecule has 0 radical (unpaired) electrons. The highest BCUT2D eigenvalue weighted by atomic mass is 32.2. The molecule has 2 aromatic carbocycles. The number of nitrogens with zero attached hydrogens (tertiary/aromatic N) is 5. The van der Waals surface area contributed by atoms with Crippen molar-refractivity contribution in [1.82, 2.24) is 25.1 Å². The summed E-state index contributed by atoms with van der Waals surface area (Å²) in [4.78, 5) is 14.5. The number of hydrogen-bond acceptors (Lipinski definition) is 5. The number of carbonyl (C=O) groups excluding carboxylic acids is 1. The first-order chi connectivity index (χ1) is 13.0. The van der Waals surface area contributed by atoms with E-state index in [1.807, 2.05) is 63.4 Å². The van der Waals surface area contributed by atoms with Crippen LogP contribution in [0, 0.1) is 13.8 Å². The van der Waals surface area contributed by atoms with Crippen LogP contribution >= 0.6 is 11.8 Å². The Balaban J connectivity index is 1.72. The summed E-state index contributed by atoms with van der Waals surface area (Å²) in [5.41, 5.74) is 4.30. The average molecular weight is 382 g/mol. The monoisotopic (exact) mass is 381 g/mol. The Labute approximate surface area is 163 Å². The normalized spacial score (nSPS) is 12.0. The minimum atomic E-state index is -0.297. The Bertz CT molecular complexity index is 925. The van der Waals surface area contributed by atoms with Gasteiger partial charge in [0.1, 0.15) is 0 Å². The summed E-state index contributed by atoms with van der Waals surface area (Å²) in [5, 5.41) is 12.3. The van der Waals surface area contributed by atoms with E-state index in [0.717, 1.165) is 16.8 Å². The van der Waals surface area contributed by atoms with Gasteiger partial charge in [-0.3, -0.25) is 4.79 Å². The zero-order chi connectivity index (χ0) is 19.4. The molecule has 1 heterocycles. The Morgan fingerprint density at radius 1 is 1.19 bits per heavy atom. The molecule has 0 saturated carbocycles. The Kier molecular flexibility index (Phi) is 5.91. The summed E-state index contributed by atoms with van der Waals surface area (Å²) in [6.45, 7) is 6.54. The van der Waals surface area contributed by atoms with Gasteiger partial charge >= 0.3 is 0 Å². The minimum Gasteiger partial charge on any atom is -0.340 e. The molecule has 1 amide bonds. The van der Waals surface area contributed by atoms with Gasteiger partial charge in [0.05, 0.1) is 10.9 Å². The third-order valence-corrected chi connectivity index (χ3v) is 5.31. The second-order valence-corrected chi connectivity index (χ2v) is 7.91. The lowest BCUT2D eigenvalue weighted by Crippen LogP contribution is -2.33. The smallest absolute Gasteiger partial charge is 0.235 e. The topological polar surface area (TPSA) is 63.9 Å². The van der Waals surface area contributed by atoms with Crippen LogP contribution in [0.1, 0.15) is 23.6 Å². The van der Waals surface area contributed by atoms with Crippen LogP contribution in [-0.4, -0.2) is 43.3 Å². The number of tetrazole rings is 1. The highest BCUT2D eigenvalue weighted by Crippen LogP contribution is 2.25. The predicted octanol–water partition coefficient (Wildman–Crippen LogP) is 3.42. The van der Waals surface area contributed by atoms with Gasteiger partial charge in [-0.2, -0.15) is 4.68 Å². The fourth-order valence-corrected chi connectivity index (χ4v) is 3.82. The van der Waals surface area contributed by atoms with Crippen LogP contribution < -0.4 is 0 Å². The van der Waals surface area contributed by atoms with Crippen molar-refractivity contribution >= 4 is 17.7 Å². The summed E-state index contributed by atoms with van der Waals surface area (Å²) >= 11 is 1.37. The van der Waals surface area contributed by atoms with Gasteiger partial charge in [-0.05, 0) is 48.4 Å². The molecular weight excluding hydrogens is 358 g/mol. The molecule has 0 spiro atoms. The van der Waals surface area contributed by atoms with Crippen molar-refractivity contribution < 1.29 is 4.79 Å². The lowest BCUT2D eigenvalue weighted by molar-refractivity contribution is -0.129. The first kappa shape index (κ1) is 19.1. The highest BCUT2D eigenvalue weighted by Gasteiger charge is 2.22. The lowest BCUT2D eigenvalue weighted by atomic mass is 10.1. The number of aryl methyl sites for hydroxylation is 2. The van der Waals surface area contributed by atoms with E-state index in [1.54, 1.807) is 9.58 Å². The Morgan fingerprint density at radius 2 is 1.93 bits per heavy atom. The van der Waals surface area contributed by atoms with E-state index in [2.05, 4.69) is 28.5 Å². The first-order valence-electron chi connectivity index (χ1n) is 8.77. The molecule has 3 rings (SSSR count). The zero-order valence-corrected chi connectivity index (χ0v) is 16.8. The quantitative estimate of drug-likeness (QED) is 0.612. The van der Waals surface area contributed by atoms with Crippen molar-refractivity contribution in [3.63, 3.8) is 0 Å². The second kappa shape index (κ2) is 8.35. The Morgan fingerprint density at radius 3 is 2.63 bits per heavy atom. The molecule has 0 bridgehead atoms. The summed E-state index contributed by atoms with van der Waals surface area (Å²) in [7, 11) is 1.82. The number of hydrogen-bond donors (Lipinski definition) is 0. The van der Waals surface area contributed by atoms with Crippen LogP contribution in [0.15, 0.2) is 53.7 Å². The van der Waals surface area contributed by atoms with Crippen LogP contribution in [0.25, 0.3) is 5.69 Å². The molecule has 3 aromatic rings. The van der Waals surface area contributed by atoms with Crippen molar-refractivity contribution in [3.05, 3.63) is 65.2 Å². The van der Waals surface area contributed by atoms with E-state index >= 15 is 0 Å². The van der Waals surface area contributed by atoms with Gasteiger partial charge in [0.2, 0.25) is 11.1 Å². The SMILES string of the molecule is Cc1ccc(-n2nnnc2SC(C)C(=O)N(C)Cc2ccccc2)c(C)c1. The van der Waals surface area contributed by atoms with Gasteiger partial charge in [0.15, 0.2) is 0 Å². The van der Waals surface area contributed by atoms with E-state index < -0.39 is 0 Å². The van der Waals surface area contributed by atoms with Crippen molar-refractivity contribution in [2.75, 3.05) is 7.05 Å². The molecule has 0 aliphatic rings. The van der Waals surface area contributed by atoms with E-state index in [1.165, 1.54) is 17.3 Å². The second-order valence-electron chi connectivity index (χ2n) is 6.60. The van der Waals surface area contributed by atoms with Crippen molar-refractivity contribution in [2.24, 2.45) is 0 Å². The van der Waals surface area contributed by atoms with Gasteiger partial charge < -0.3 is 4.90 Å². The minimum absolute atomic E-state index is 0.0408. The summed E-state index contributed by atoms with van der Waals surface area (Å²) in [5.74, 6) is 0.0408. The molecule has 0 saturated heterocycles. The lowest BCUT2D eigenvalue weighted by Gasteiger charge is -2.21. The van der Waals surface area contributed by atoms with Gasteiger partial charge in [-0.25, -0.2) is 0 Å². The van der Waals surface area contributed by atoms with Crippen molar-refractivity contribution in [2.45, 2.75) is 37.7 Å². The summed E-state index contributed by atoms with van der Waals surface area (Å²) in [6, 6.07) is 16.1. The first-order valence-corrected chi connectivity index (χ1v) is 9.65. The molecule has 0 fully saturated rings. The van der Waals surface area contributed by atoms with E-state index in [4.69, 9.17) is 0 Å². The standard InChI is InChI=1S/C20H23N5OS/c1-14-10-11-18(15(2)12-14)25-20(21-22-23-25)27-16(3)19(26)24(4)13-17-8-6-5-7-9-17/h5-12,16H,13H2,1-4H3. The number of aromatic nitrogens is 4. The Hall–Kier alpha value is -2.67. The highest BCUT2D eigenvalue weighted by molar-refractivity contribution is 8.00. The third kappa shape index (κ3) is 4.54. The van der Waals surface area contributed by atoms with Crippen LogP contribution in [0.4, 0.5) is 0 Å². The molecule has 1 aromatic heterocycles. The fraction of sp³-hybridized carbons (Fsp3) is 0.300. The maximum absolute atomic E-state index is 12.8. The molecule has 1 unspecified atom stereocenters. The number of benzene rings is 2. The van der Waals surface area contributed by atoms with Crippen LogP contribution in [0.3, 0.4) is 0 Å². The number of rotatable bonds is 6. The molecule has 7 heteroatoms. The van der Waals surface area contributed by atoms with Gasteiger partial charge in [0.25, 0.3) is 0 Å². The molecule has 27 heavy (non-hydrogen) atoms. The van der Waals surface area contributed by atoms with Crippen molar-refractivity contribution in [1.29, 1.82) is 0 Å². The molecule has 0 N–H and O–H groups in total. The van der Waals surface area contributed by atoms with E-state index in [9.17, 15) is 4.79 Å². The maximum Gasteiger partial charge on any atom is 0.235 e. The van der Waals surface area contributed by atoms with Crippen LogP contribution in [-0.2, 0) is 11.3 Å². The molecular formula is C20H23N5OS. The summed E-state index contributed by atoms with van der Waals surface area (Å²) in [6.07, 6.45) is 0. The maximum atomic E-state index is 12.8. The van der Waals surface area contributed by atoms with Crippen molar-refractivity contribution in [3.8, 4) is 5.69 Å². The molecule has 140 valence electrons. The van der Waals surface area contributed by atoms with Gasteiger partial charge in [0, 0.05) is 13.6 Å². The van der Waals surface area contributed by atoms with E-state index in [-0.39, 0.29) is 11.2 Å². The molecule has 0 aliphatic heterocycles. The average Bonchev–Trinajstić information content (AvgIpc) is 3.09. The third-order valence-electron chi connectivity index (χ3n) is 4.29.